The number of aromatic nitrogens is 2. The van der Waals surface area contributed by atoms with Gasteiger partial charge in [0.2, 0.25) is 11.9 Å². The molecule has 30 heavy (non-hydrogen) atoms. The molecule has 1 aliphatic heterocycles. The highest BCUT2D eigenvalue weighted by Crippen LogP contribution is 2.23. The molecule has 1 fully saturated rings. The summed E-state index contributed by atoms with van der Waals surface area (Å²) in [6, 6.07) is 16.5. The first kappa shape index (κ1) is 20.0. The van der Waals surface area contributed by atoms with Gasteiger partial charge in [-0.05, 0) is 42.5 Å². The van der Waals surface area contributed by atoms with E-state index in [1.165, 1.54) is 17.7 Å². The van der Waals surface area contributed by atoms with Crippen molar-refractivity contribution in [3.63, 3.8) is 0 Å². The van der Waals surface area contributed by atoms with Gasteiger partial charge in [0.1, 0.15) is 5.82 Å². The van der Waals surface area contributed by atoms with Crippen LogP contribution >= 0.6 is 0 Å². The lowest BCUT2D eigenvalue weighted by molar-refractivity contribution is -0.125. The van der Waals surface area contributed by atoms with E-state index in [2.05, 4.69) is 32.3 Å². The highest BCUT2D eigenvalue weighted by molar-refractivity contribution is 5.79. The van der Waals surface area contributed by atoms with Crippen LogP contribution in [0.4, 0.5) is 10.3 Å². The van der Waals surface area contributed by atoms with Gasteiger partial charge >= 0.3 is 0 Å². The first-order valence-electron chi connectivity index (χ1n) is 10.3. The maximum atomic E-state index is 13.4. The van der Waals surface area contributed by atoms with E-state index in [1.807, 2.05) is 24.3 Å². The van der Waals surface area contributed by atoms with Crippen LogP contribution in [0.2, 0.25) is 0 Å². The van der Waals surface area contributed by atoms with E-state index in [9.17, 15) is 9.18 Å². The number of amides is 1. The molecule has 1 saturated heterocycles. The average molecular weight is 404 g/mol. The summed E-state index contributed by atoms with van der Waals surface area (Å²) < 4.78 is 13.4. The summed E-state index contributed by atoms with van der Waals surface area (Å²) >= 11 is 0. The first-order chi connectivity index (χ1) is 14.7. The number of hydrogen-bond acceptors (Lipinski definition) is 4. The summed E-state index contributed by atoms with van der Waals surface area (Å²) in [5.41, 5.74) is 2.73. The lowest BCUT2D eigenvalue weighted by Crippen LogP contribution is -2.44. The van der Waals surface area contributed by atoms with E-state index < -0.39 is 0 Å². The molecular formula is C24H25FN4O. The zero-order valence-corrected chi connectivity index (χ0v) is 16.8. The molecule has 1 atom stereocenters. The molecule has 0 saturated carbocycles. The van der Waals surface area contributed by atoms with E-state index in [-0.39, 0.29) is 17.6 Å². The van der Waals surface area contributed by atoms with Crippen LogP contribution in [-0.2, 0) is 11.2 Å². The number of carbonyl (C=O) groups is 1. The molecule has 4 rings (SSSR count). The van der Waals surface area contributed by atoms with Gasteiger partial charge in [0.05, 0.1) is 5.92 Å². The largest absolute Gasteiger partial charge is 0.355 e. The number of nitrogens with zero attached hydrogens (tertiary/aromatic N) is 3. The van der Waals surface area contributed by atoms with Crippen molar-refractivity contribution in [1.29, 1.82) is 0 Å². The monoisotopic (exact) mass is 404 g/mol. The molecule has 1 unspecified atom stereocenters. The number of nitrogens with one attached hydrogen (secondary N) is 1. The fourth-order valence-electron chi connectivity index (χ4n) is 3.79. The predicted octanol–water partition coefficient (Wildman–Crippen LogP) is 3.86. The third kappa shape index (κ3) is 5.00. The van der Waals surface area contributed by atoms with Gasteiger partial charge < -0.3 is 10.2 Å². The minimum absolute atomic E-state index is 0.0685. The number of rotatable bonds is 6. The molecule has 154 valence electrons. The fourth-order valence-corrected chi connectivity index (χ4v) is 3.79. The summed E-state index contributed by atoms with van der Waals surface area (Å²) in [5, 5.41) is 3.07. The number of halogens is 1. The van der Waals surface area contributed by atoms with Crippen molar-refractivity contribution in [2.45, 2.75) is 19.3 Å². The minimum atomic E-state index is -0.284. The molecule has 6 heteroatoms. The van der Waals surface area contributed by atoms with Crippen molar-refractivity contribution < 1.29 is 9.18 Å². The van der Waals surface area contributed by atoms with Crippen molar-refractivity contribution in [3.05, 3.63) is 78.4 Å². The number of piperidine rings is 1. The van der Waals surface area contributed by atoms with Gasteiger partial charge in [0.25, 0.3) is 0 Å². The molecule has 5 nitrogen and oxygen atoms in total. The zero-order valence-electron chi connectivity index (χ0n) is 16.8. The number of carbonyl (C=O) groups excluding carboxylic acids is 1. The molecule has 0 spiro atoms. The van der Waals surface area contributed by atoms with E-state index in [1.54, 1.807) is 18.5 Å². The van der Waals surface area contributed by atoms with Gasteiger partial charge in [-0.1, -0.05) is 42.5 Å². The molecule has 2 heterocycles. The molecule has 0 radical (unpaired) electrons. The molecule has 1 aliphatic rings. The van der Waals surface area contributed by atoms with Gasteiger partial charge in [0.15, 0.2) is 0 Å². The van der Waals surface area contributed by atoms with Crippen LogP contribution in [0.15, 0.2) is 67.0 Å². The van der Waals surface area contributed by atoms with Crippen molar-refractivity contribution in [3.8, 4) is 11.1 Å². The molecule has 0 bridgehead atoms. The maximum Gasteiger partial charge on any atom is 0.225 e. The standard InChI is InChI=1S/C24H25FN4O/c25-22-10-4-8-19(14-22)21-15-27-24(28-16-21)29-13-5-9-20(17-29)23(30)26-12-11-18-6-2-1-3-7-18/h1-4,6-8,10,14-16,20H,5,9,11-13,17H2,(H,26,30). The van der Waals surface area contributed by atoms with E-state index >= 15 is 0 Å². The first-order valence-corrected chi connectivity index (χ1v) is 10.3. The van der Waals surface area contributed by atoms with Crippen LogP contribution in [-0.4, -0.2) is 35.5 Å². The lowest BCUT2D eigenvalue weighted by Gasteiger charge is -2.32. The van der Waals surface area contributed by atoms with Gasteiger partial charge in [-0.2, -0.15) is 0 Å². The molecule has 0 aliphatic carbocycles. The second-order valence-electron chi connectivity index (χ2n) is 7.59. The van der Waals surface area contributed by atoms with Crippen LogP contribution in [0.3, 0.4) is 0 Å². The summed E-state index contributed by atoms with van der Waals surface area (Å²) in [6.45, 7) is 2.07. The van der Waals surface area contributed by atoms with Crippen LogP contribution in [0.1, 0.15) is 18.4 Å². The normalized spacial score (nSPS) is 16.3. The lowest BCUT2D eigenvalue weighted by atomic mass is 9.97. The maximum absolute atomic E-state index is 13.4. The topological polar surface area (TPSA) is 58.1 Å². The average Bonchev–Trinajstić information content (AvgIpc) is 2.80. The van der Waals surface area contributed by atoms with Crippen molar-refractivity contribution in [1.82, 2.24) is 15.3 Å². The Bertz CT molecular complexity index is 978. The van der Waals surface area contributed by atoms with Crippen LogP contribution in [0, 0.1) is 11.7 Å². The Kier molecular flexibility index (Phi) is 6.32. The second-order valence-corrected chi connectivity index (χ2v) is 7.59. The smallest absolute Gasteiger partial charge is 0.225 e. The third-order valence-corrected chi connectivity index (χ3v) is 5.43. The molecule has 1 aromatic heterocycles. The SMILES string of the molecule is O=C(NCCc1ccccc1)C1CCCN(c2ncc(-c3cccc(F)c3)cn2)C1. The summed E-state index contributed by atoms with van der Waals surface area (Å²) in [5.74, 6) is 0.346. The number of hydrogen-bond donors (Lipinski definition) is 1. The quantitative estimate of drug-likeness (QED) is 0.678. The molecule has 1 amide bonds. The van der Waals surface area contributed by atoms with E-state index in [4.69, 9.17) is 0 Å². The third-order valence-electron chi connectivity index (χ3n) is 5.43. The van der Waals surface area contributed by atoms with Gasteiger partial charge in [-0.15, -0.1) is 0 Å². The van der Waals surface area contributed by atoms with Gasteiger partial charge in [0, 0.05) is 37.6 Å². The highest BCUT2D eigenvalue weighted by atomic mass is 19.1. The highest BCUT2D eigenvalue weighted by Gasteiger charge is 2.26. The Balaban J connectivity index is 1.33. The molecular weight excluding hydrogens is 379 g/mol. The zero-order chi connectivity index (χ0) is 20.8. The van der Waals surface area contributed by atoms with E-state index in [0.29, 0.717) is 19.0 Å². The number of benzene rings is 2. The van der Waals surface area contributed by atoms with Crippen molar-refractivity contribution in [2.75, 3.05) is 24.5 Å². The van der Waals surface area contributed by atoms with Gasteiger partial charge in [-0.3, -0.25) is 4.79 Å². The Labute approximate surface area is 176 Å². The minimum Gasteiger partial charge on any atom is -0.355 e. The van der Waals surface area contributed by atoms with Gasteiger partial charge in [-0.25, -0.2) is 14.4 Å². The Hall–Kier alpha value is -3.28. The predicted molar refractivity (Wildman–Crippen MR) is 116 cm³/mol. The van der Waals surface area contributed by atoms with Crippen LogP contribution < -0.4 is 10.2 Å². The van der Waals surface area contributed by atoms with Crippen LogP contribution in [0.25, 0.3) is 11.1 Å². The van der Waals surface area contributed by atoms with Crippen LogP contribution in [0.5, 0.6) is 0 Å². The number of anilines is 1. The fraction of sp³-hybridized carbons (Fsp3) is 0.292. The molecule has 3 aromatic rings. The summed E-state index contributed by atoms with van der Waals surface area (Å²) in [7, 11) is 0. The summed E-state index contributed by atoms with van der Waals surface area (Å²) in [6.07, 6.45) is 6.04. The molecule has 2 aromatic carbocycles. The molecule has 1 N–H and O–H groups in total. The Morgan fingerprint density at radius 1 is 1.07 bits per heavy atom. The van der Waals surface area contributed by atoms with Crippen molar-refractivity contribution in [2.24, 2.45) is 5.92 Å². The Morgan fingerprint density at radius 3 is 2.63 bits per heavy atom. The van der Waals surface area contributed by atoms with E-state index in [0.717, 1.165) is 36.9 Å². The second kappa shape index (κ2) is 9.48. The Morgan fingerprint density at radius 2 is 1.87 bits per heavy atom. The van der Waals surface area contributed by atoms with Crippen molar-refractivity contribution >= 4 is 11.9 Å². The summed E-state index contributed by atoms with van der Waals surface area (Å²) in [4.78, 5) is 23.6.